The first-order valence-corrected chi connectivity index (χ1v) is 6.16. The summed E-state index contributed by atoms with van der Waals surface area (Å²) in [5.74, 6) is -0.712. The second-order valence-corrected chi connectivity index (χ2v) is 4.86. The molecule has 0 saturated heterocycles. The number of ether oxygens (including phenoxy) is 1. The Morgan fingerprint density at radius 3 is 2.58 bits per heavy atom. The summed E-state index contributed by atoms with van der Waals surface area (Å²) in [6.07, 6.45) is 0.978. The van der Waals surface area contributed by atoms with Crippen LogP contribution in [0.5, 0.6) is 0 Å². The van der Waals surface area contributed by atoms with Gasteiger partial charge in [0.2, 0.25) is 0 Å². The van der Waals surface area contributed by atoms with Gasteiger partial charge in [0.25, 0.3) is 0 Å². The first-order valence-electron chi connectivity index (χ1n) is 6.16. The Morgan fingerprint density at radius 1 is 1.47 bits per heavy atom. The van der Waals surface area contributed by atoms with Crippen LogP contribution in [0.15, 0.2) is 24.3 Å². The summed E-state index contributed by atoms with van der Waals surface area (Å²) in [6, 6.07) is 5.33. The molecule has 19 heavy (non-hydrogen) atoms. The Bertz CT molecular complexity index is 417. The maximum atomic E-state index is 12.8. The second kappa shape index (κ2) is 6.63. The van der Waals surface area contributed by atoms with Crippen molar-refractivity contribution in [2.45, 2.75) is 37.8 Å². The standard InChI is InChI=1S/C14H20FNO3/c1-14(18,10-3-5-11(15)6-4-10)8-7-12(16)9-13(17)19-2/h3-6,12,18H,7-9,16H2,1-2H3. The number of hydrogen-bond donors (Lipinski definition) is 2. The van der Waals surface area contributed by atoms with Crippen LogP contribution >= 0.6 is 0 Å². The van der Waals surface area contributed by atoms with Crippen molar-refractivity contribution in [1.82, 2.24) is 0 Å². The van der Waals surface area contributed by atoms with Gasteiger partial charge >= 0.3 is 5.97 Å². The molecule has 5 heteroatoms. The van der Waals surface area contributed by atoms with Crippen molar-refractivity contribution in [3.63, 3.8) is 0 Å². The number of esters is 1. The number of rotatable bonds is 6. The number of carbonyl (C=O) groups is 1. The predicted octanol–water partition coefficient (Wildman–Crippen LogP) is 1.70. The third kappa shape index (κ3) is 4.96. The molecule has 0 aliphatic carbocycles. The number of hydrogen-bond acceptors (Lipinski definition) is 4. The fraction of sp³-hybridized carbons (Fsp3) is 0.500. The van der Waals surface area contributed by atoms with Gasteiger partial charge in [-0.15, -0.1) is 0 Å². The molecule has 0 spiro atoms. The molecule has 4 nitrogen and oxygen atoms in total. The molecule has 2 atom stereocenters. The number of benzene rings is 1. The molecule has 106 valence electrons. The van der Waals surface area contributed by atoms with Gasteiger partial charge in [0.15, 0.2) is 0 Å². The van der Waals surface area contributed by atoms with E-state index in [0.29, 0.717) is 18.4 Å². The quantitative estimate of drug-likeness (QED) is 0.771. The van der Waals surface area contributed by atoms with Gasteiger partial charge in [-0.3, -0.25) is 4.79 Å². The monoisotopic (exact) mass is 269 g/mol. The molecule has 2 unspecified atom stereocenters. The fourth-order valence-electron chi connectivity index (χ4n) is 1.82. The van der Waals surface area contributed by atoms with E-state index in [1.807, 2.05) is 0 Å². The van der Waals surface area contributed by atoms with Crippen LogP contribution in [0, 0.1) is 5.82 Å². The summed E-state index contributed by atoms with van der Waals surface area (Å²) in [7, 11) is 1.31. The lowest BCUT2D eigenvalue weighted by atomic mass is 9.89. The zero-order chi connectivity index (χ0) is 14.5. The third-order valence-electron chi connectivity index (χ3n) is 3.12. The van der Waals surface area contributed by atoms with Gasteiger partial charge in [-0.2, -0.15) is 0 Å². The zero-order valence-corrected chi connectivity index (χ0v) is 11.2. The molecule has 0 heterocycles. The number of carbonyl (C=O) groups excluding carboxylic acids is 1. The van der Waals surface area contributed by atoms with E-state index in [9.17, 15) is 14.3 Å². The summed E-state index contributed by atoms with van der Waals surface area (Å²) in [6.45, 7) is 1.64. The Hall–Kier alpha value is -1.46. The number of nitrogens with two attached hydrogens (primary N) is 1. The first kappa shape index (κ1) is 15.6. The maximum Gasteiger partial charge on any atom is 0.307 e. The van der Waals surface area contributed by atoms with E-state index in [0.717, 1.165) is 0 Å². The summed E-state index contributed by atoms with van der Waals surface area (Å²) < 4.78 is 17.3. The molecule has 3 N–H and O–H groups in total. The van der Waals surface area contributed by atoms with E-state index in [2.05, 4.69) is 4.74 Å². The van der Waals surface area contributed by atoms with E-state index in [4.69, 9.17) is 5.73 Å². The van der Waals surface area contributed by atoms with Gasteiger partial charge in [-0.25, -0.2) is 4.39 Å². The molecule has 0 radical (unpaired) electrons. The van der Waals surface area contributed by atoms with Crippen LogP contribution in [0.1, 0.15) is 31.7 Å². The lowest BCUT2D eigenvalue weighted by Crippen LogP contribution is -2.29. The van der Waals surface area contributed by atoms with Gasteiger partial charge in [0.1, 0.15) is 5.82 Å². The highest BCUT2D eigenvalue weighted by Crippen LogP contribution is 2.26. The lowest BCUT2D eigenvalue weighted by molar-refractivity contribution is -0.141. The van der Waals surface area contributed by atoms with Crippen molar-refractivity contribution < 1.29 is 19.0 Å². The Balaban J connectivity index is 2.55. The smallest absolute Gasteiger partial charge is 0.307 e. The van der Waals surface area contributed by atoms with Crippen molar-refractivity contribution in [2.75, 3.05) is 7.11 Å². The van der Waals surface area contributed by atoms with Crippen molar-refractivity contribution in [2.24, 2.45) is 5.73 Å². The largest absolute Gasteiger partial charge is 0.469 e. The van der Waals surface area contributed by atoms with Gasteiger partial charge in [-0.05, 0) is 37.5 Å². The van der Waals surface area contributed by atoms with Crippen molar-refractivity contribution in [3.8, 4) is 0 Å². The predicted molar refractivity (Wildman–Crippen MR) is 69.8 cm³/mol. The topological polar surface area (TPSA) is 72.5 Å². The average Bonchev–Trinajstić information content (AvgIpc) is 2.37. The molecule has 0 amide bonds. The summed E-state index contributed by atoms with van der Waals surface area (Å²) in [5.41, 5.74) is 5.32. The molecule has 0 fully saturated rings. The molecular weight excluding hydrogens is 249 g/mol. The Morgan fingerprint density at radius 2 is 2.05 bits per heavy atom. The van der Waals surface area contributed by atoms with Gasteiger partial charge < -0.3 is 15.6 Å². The third-order valence-corrected chi connectivity index (χ3v) is 3.12. The minimum Gasteiger partial charge on any atom is -0.469 e. The summed E-state index contributed by atoms with van der Waals surface area (Å²) >= 11 is 0. The van der Waals surface area contributed by atoms with Crippen LogP contribution in [0.2, 0.25) is 0 Å². The molecule has 1 aromatic carbocycles. The van der Waals surface area contributed by atoms with Crippen molar-refractivity contribution >= 4 is 5.97 Å². The molecule has 0 aliphatic heterocycles. The van der Waals surface area contributed by atoms with Crippen LogP contribution in [-0.4, -0.2) is 24.2 Å². The number of halogens is 1. The molecule has 0 bridgehead atoms. The van der Waals surface area contributed by atoms with E-state index in [1.165, 1.54) is 19.2 Å². The molecule has 0 aromatic heterocycles. The van der Waals surface area contributed by atoms with Crippen LogP contribution in [0.3, 0.4) is 0 Å². The molecule has 0 saturated carbocycles. The molecular formula is C14H20FNO3. The highest BCUT2D eigenvalue weighted by Gasteiger charge is 2.24. The SMILES string of the molecule is COC(=O)CC(N)CCC(C)(O)c1ccc(F)cc1. The van der Waals surface area contributed by atoms with E-state index >= 15 is 0 Å². The van der Waals surface area contributed by atoms with Crippen molar-refractivity contribution in [1.29, 1.82) is 0 Å². The number of methoxy groups -OCH3 is 1. The van der Waals surface area contributed by atoms with Crippen LogP contribution in [-0.2, 0) is 15.1 Å². The molecule has 0 aliphatic rings. The normalized spacial score (nSPS) is 15.6. The van der Waals surface area contributed by atoms with Crippen LogP contribution < -0.4 is 5.73 Å². The Labute approximate surface area is 112 Å². The van der Waals surface area contributed by atoms with E-state index < -0.39 is 5.60 Å². The average molecular weight is 269 g/mol. The fourth-order valence-corrected chi connectivity index (χ4v) is 1.82. The maximum absolute atomic E-state index is 12.8. The highest BCUT2D eigenvalue weighted by atomic mass is 19.1. The van der Waals surface area contributed by atoms with E-state index in [1.54, 1.807) is 19.1 Å². The number of aliphatic hydroxyl groups is 1. The van der Waals surface area contributed by atoms with Crippen molar-refractivity contribution in [3.05, 3.63) is 35.6 Å². The summed E-state index contributed by atoms with van der Waals surface area (Å²) in [4.78, 5) is 11.0. The second-order valence-electron chi connectivity index (χ2n) is 4.86. The highest BCUT2D eigenvalue weighted by molar-refractivity contribution is 5.69. The first-order chi connectivity index (χ1) is 8.85. The van der Waals surface area contributed by atoms with E-state index in [-0.39, 0.29) is 24.2 Å². The molecule has 1 aromatic rings. The van der Waals surface area contributed by atoms with Crippen LogP contribution in [0.4, 0.5) is 4.39 Å². The lowest BCUT2D eigenvalue weighted by Gasteiger charge is -2.25. The van der Waals surface area contributed by atoms with Gasteiger partial charge in [0.05, 0.1) is 19.1 Å². The Kier molecular flexibility index (Phi) is 5.44. The molecule has 1 rings (SSSR count). The summed E-state index contributed by atoms with van der Waals surface area (Å²) in [5, 5.41) is 10.3. The minimum absolute atomic E-state index is 0.121. The van der Waals surface area contributed by atoms with Crippen LogP contribution in [0.25, 0.3) is 0 Å². The minimum atomic E-state index is -1.10. The van der Waals surface area contributed by atoms with Gasteiger partial charge in [0, 0.05) is 6.04 Å². The van der Waals surface area contributed by atoms with Gasteiger partial charge in [-0.1, -0.05) is 12.1 Å². The zero-order valence-electron chi connectivity index (χ0n) is 11.2.